The quantitative estimate of drug-likeness (QED) is 0.582. The Bertz CT molecular complexity index is 213. The number of nitrogens with one attached hydrogen (secondary N) is 1. The Morgan fingerprint density at radius 1 is 1.21 bits per heavy atom. The van der Waals surface area contributed by atoms with Crippen molar-refractivity contribution in [3.05, 3.63) is 0 Å². The van der Waals surface area contributed by atoms with Crippen molar-refractivity contribution < 1.29 is 19.1 Å². The van der Waals surface area contributed by atoms with Gasteiger partial charge >= 0.3 is 5.97 Å². The summed E-state index contributed by atoms with van der Waals surface area (Å²) in [5.74, 6) is -0.114. The Balaban J connectivity index is 0. The highest BCUT2D eigenvalue weighted by Crippen LogP contribution is 2.11. The highest BCUT2D eigenvalue weighted by atomic mass is 16.5. The van der Waals surface area contributed by atoms with Crippen LogP contribution in [0.15, 0.2) is 0 Å². The van der Waals surface area contributed by atoms with E-state index >= 15 is 0 Å². The minimum Gasteiger partial charge on any atom is -0.460 e. The maximum Gasteiger partial charge on any atom is 0.311 e. The highest BCUT2D eigenvalue weighted by Gasteiger charge is 2.30. The van der Waals surface area contributed by atoms with E-state index < -0.39 is 0 Å². The molecule has 1 unspecified atom stereocenters. The first-order chi connectivity index (χ1) is 9.22. The molecule has 2 N–H and O–H groups in total. The van der Waals surface area contributed by atoms with Crippen LogP contribution < -0.4 is 5.32 Å². The van der Waals surface area contributed by atoms with E-state index in [1.165, 1.54) is 0 Å². The average Bonchev–Trinajstić information content (AvgIpc) is 2.64. The molecule has 1 aliphatic rings. The molecule has 1 rings (SSSR count). The lowest BCUT2D eigenvalue weighted by Crippen LogP contribution is -2.54. The minimum atomic E-state index is -0.114. The summed E-state index contributed by atoms with van der Waals surface area (Å²) < 4.78 is 5.81. The average molecular weight is 277 g/mol. The number of aliphatic hydroxyl groups excluding tert-OH is 1. The number of carbonyl (C=O) groups is 1. The third-order valence-electron chi connectivity index (χ3n) is 3.03. The first kappa shape index (κ1) is 20.7. The fourth-order valence-electron chi connectivity index (χ4n) is 1.99. The Labute approximate surface area is 118 Å². The number of carbonyl (C=O) groups excluding carboxylic acids is 1. The number of quaternary nitrogens is 1. The zero-order valence-corrected chi connectivity index (χ0v) is 13.4. The van der Waals surface area contributed by atoms with Crippen molar-refractivity contribution in [3.63, 3.8) is 0 Å². The molecule has 0 radical (unpaired) electrons. The van der Waals surface area contributed by atoms with Crippen LogP contribution in [0.1, 0.15) is 34.1 Å². The molecule has 19 heavy (non-hydrogen) atoms. The molecule has 5 heteroatoms. The summed E-state index contributed by atoms with van der Waals surface area (Å²) in [6.45, 7) is 12.8. The zero-order chi connectivity index (χ0) is 15.1. The van der Waals surface area contributed by atoms with E-state index in [1.807, 2.05) is 34.7 Å². The molecule has 0 saturated carbocycles. The molecule has 1 atom stereocenters. The van der Waals surface area contributed by atoms with Crippen molar-refractivity contribution in [2.45, 2.75) is 34.1 Å². The number of hydrogen-bond acceptors (Lipinski definition) is 4. The van der Waals surface area contributed by atoms with Crippen molar-refractivity contribution >= 4 is 5.97 Å². The van der Waals surface area contributed by atoms with Crippen LogP contribution in [0.2, 0.25) is 0 Å². The third kappa shape index (κ3) is 8.97. The number of aliphatic hydroxyl groups is 1. The second-order valence-electron chi connectivity index (χ2n) is 4.03. The number of esters is 1. The van der Waals surface area contributed by atoms with Crippen LogP contribution in [0.5, 0.6) is 0 Å². The van der Waals surface area contributed by atoms with Crippen molar-refractivity contribution in [2.75, 3.05) is 53.0 Å². The predicted octanol–water partition coefficient (Wildman–Crippen LogP) is 1.01. The minimum absolute atomic E-state index is 0.114. The Hall–Kier alpha value is -0.650. The van der Waals surface area contributed by atoms with Crippen molar-refractivity contribution in [3.8, 4) is 0 Å². The number of nitrogens with zero attached hydrogens (tertiary/aromatic N) is 1. The van der Waals surface area contributed by atoms with E-state index in [1.54, 1.807) is 0 Å². The van der Waals surface area contributed by atoms with E-state index in [-0.39, 0.29) is 12.6 Å². The number of likely N-dealkylation sites (N-methyl/N-ethyl adjacent to an activating group) is 1. The SMILES string of the molecule is CC.CC.CNCC[N+]1(CCO)CCOC(=O)CC1. The first-order valence-corrected chi connectivity index (χ1v) is 7.49. The summed E-state index contributed by atoms with van der Waals surface area (Å²) in [6, 6.07) is 0. The molecule has 1 fully saturated rings. The number of hydrogen-bond donors (Lipinski definition) is 2. The van der Waals surface area contributed by atoms with Gasteiger partial charge < -0.3 is 19.6 Å². The summed E-state index contributed by atoms with van der Waals surface area (Å²) in [6.07, 6.45) is 0.462. The Kier molecular flexibility index (Phi) is 15.0. The summed E-state index contributed by atoms with van der Waals surface area (Å²) in [7, 11) is 1.91. The highest BCUT2D eigenvalue weighted by molar-refractivity contribution is 5.69. The molecule has 0 aromatic carbocycles. The van der Waals surface area contributed by atoms with E-state index in [0.717, 1.165) is 30.7 Å². The van der Waals surface area contributed by atoms with Crippen molar-refractivity contribution in [1.82, 2.24) is 5.32 Å². The maximum atomic E-state index is 11.1. The summed E-state index contributed by atoms with van der Waals surface area (Å²) >= 11 is 0. The largest absolute Gasteiger partial charge is 0.460 e. The summed E-state index contributed by atoms with van der Waals surface area (Å²) in [4.78, 5) is 11.1. The summed E-state index contributed by atoms with van der Waals surface area (Å²) in [5, 5.41) is 12.2. The van der Waals surface area contributed by atoms with Crippen molar-refractivity contribution in [2.24, 2.45) is 0 Å². The van der Waals surface area contributed by atoms with Gasteiger partial charge in [-0.2, -0.15) is 0 Å². The molecule has 0 aromatic heterocycles. The van der Waals surface area contributed by atoms with E-state index in [9.17, 15) is 4.79 Å². The molecule has 5 nitrogen and oxygen atoms in total. The van der Waals surface area contributed by atoms with E-state index in [4.69, 9.17) is 9.84 Å². The smallest absolute Gasteiger partial charge is 0.311 e. The molecule has 1 saturated heterocycles. The fourth-order valence-corrected chi connectivity index (χ4v) is 1.99. The van der Waals surface area contributed by atoms with Crippen LogP contribution in [0, 0.1) is 0 Å². The van der Waals surface area contributed by atoms with Crippen molar-refractivity contribution in [1.29, 1.82) is 0 Å². The lowest BCUT2D eigenvalue weighted by molar-refractivity contribution is -0.925. The van der Waals surface area contributed by atoms with Gasteiger partial charge in [-0.15, -0.1) is 0 Å². The van der Waals surface area contributed by atoms with Crippen LogP contribution in [0.25, 0.3) is 0 Å². The fraction of sp³-hybridized carbons (Fsp3) is 0.929. The van der Waals surface area contributed by atoms with Gasteiger partial charge in [0.1, 0.15) is 19.7 Å². The molecule has 0 spiro atoms. The molecular formula is C14H33N2O3+. The van der Waals surface area contributed by atoms with Gasteiger partial charge in [-0.3, -0.25) is 4.79 Å². The molecular weight excluding hydrogens is 244 g/mol. The molecule has 0 amide bonds. The first-order valence-electron chi connectivity index (χ1n) is 7.49. The van der Waals surface area contributed by atoms with Crippen LogP contribution >= 0.6 is 0 Å². The van der Waals surface area contributed by atoms with Gasteiger partial charge in [-0.1, -0.05) is 27.7 Å². The van der Waals surface area contributed by atoms with Crippen LogP contribution in [0.4, 0.5) is 0 Å². The molecule has 1 aliphatic heterocycles. The second-order valence-corrected chi connectivity index (χ2v) is 4.03. The van der Waals surface area contributed by atoms with Gasteiger partial charge in [-0.25, -0.2) is 0 Å². The predicted molar refractivity (Wildman–Crippen MR) is 79.0 cm³/mol. The van der Waals surface area contributed by atoms with Gasteiger partial charge in [0.05, 0.1) is 26.1 Å². The lowest BCUT2D eigenvalue weighted by atomic mass is 10.2. The standard InChI is InChI=1S/C10H21N2O3.2C2H6/c1-11-3-5-12(6-8-13)4-2-10(14)15-9-7-12;2*1-2/h11,13H,2-9H2,1H3;2*1-2H3/q+1;;. The number of rotatable bonds is 5. The van der Waals surface area contributed by atoms with Crippen LogP contribution in [-0.2, 0) is 9.53 Å². The van der Waals surface area contributed by atoms with Gasteiger partial charge in [0.25, 0.3) is 0 Å². The van der Waals surface area contributed by atoms with Gasteiger partial charge in [0, 0.05) is 6.54 Å². The molecule has 0 aromatic rings. The molecule has 1 heterocycles. The molecule has 0 aliphatic carbocycles. The van der Waals surface area contributed by atoms with E-state index in [2.05, 4.69) is 5.32 Å². The van der Waals surface area contributed by atoms with Crippen LogP contribution in [0.3, 0.4) is 0 Å². The van der Waals surface area contributed by atoms with Gasteiger partial charge in [-0.05, 0) is 7.05 Å². The second kappa shape index (κ2) is 13.8. The zero-order valence-electron chi connectivity index (χ0n) is 13.4. The van der Waals surface area contributed by atoms with Gasteiger partial charge in [0.15, 0.2) is 0 Å². The van der Waals surface area contributed by atoms with Crippen LogP contribution in [-0.4, -0.2) is 68.5 Å². The lowest BCUT2D eigenvalue weighted by Gasteiger charge is -2.36. The number of ether oxygens (including phenoxy) is 1. The monoisotopic (exact) mass is 277 g/mol. The van der Waals surface area contributed by atoms with Gasteiger partial charge in [0.2, 0.25) is 0 Å². The molecule has 116 valence electrons. The summed E-state index contributed by atoms with van der Waals surface area (Å²) in [5.41, 5.74) is 0. The Morgan fingerprint density at radius 2 is 1.84 bits per heavy atom. The topological polar surface area (TPSA) is 58.6 Å². The Morgan fingerprint density at radius 3 is 2.37 bits per heavy atom. The number of cyclic esters (lactones) is 1. The normalized spacial score (nSPS) is 22.1. The maximum absolute atomic E-state index is 11.1. The third-order valence-corrected chi connectivity index (χ3v) is 3.03. The molecule has 0 bridgehead atoms. The van der Waals surface area contributed by atoms with E-state index in [0.29, 0.717) is 19.6 Å².